The molecular formula is C8H5NO6S. The molecule has 0 spiro atoms. The largest absolute Gasteiger partial charge is 0.520 e. The van der Waals surface area contributed by atoms with Gasteiger partial charge in [-0.1, -0.05) is 0 Å². The molecule has 2 bridgehead atoms. The van der Waals surface area contributed by atoms with Crippen LogP contribution in [0.3, 0.4) is 0 Å². The maximum atomic E-state index is 11.1. The van der Waals surface area contributed by atoms with Gasteiger partial charge >= 0.3 is 10.4 Å². The molecule has 16 heavy (non-hydrogen) atoms. The summed E-state index contributed by atoms with van der Waals surface area (Å²) >= 11 is 0. The second-order valence-corrected chi connectivity index (χ2v) is 4.35. The van der Waals surface area contributed by atoms with Crippen LogP contribution < -0.4 is 8.47 Å². The molecule has 0 amide bonds. The molecule has 1 aromatic heterocycles. The van der Waals surface area contributed by atoms with Crippen LogP contribution in [-0.2, 0) is 10.4 Å². The lowest BCUT2D eigenvalue weighted by Crippen LogP contribution is -2.26. The standard InChI is InChI=1S/C8H5NO6S/c10-4-1-2-6-5(3-4)7-8(11)9(6)15-16(12,13)14-7/h1-3,10-11H. The maximum Gasteiger partial charge on any atom is 0.520 e. The Hall–Kier alpha value is -2.09. The molecule has 0 unspecified atom stereocenters. The molecule has 3 rings (SSSR count). The molecule has 2 N–H and O–H groups in total. The summed E-state index contributed by atoms with van der Waals surface area (Å²) in [4.78, 5) is 0. The number of hydrogen-bond donors (Lipinski definition) is 2. The van der Waals surface area contributed by atoms with Crippen molar-refractivity contribution in [3.63, 3.8) is 0 Å². The van der Waals surface area contributed by atoms with Gasteiger partial charge in [0, 0.05) is 0 Å². The van der Waals surface area contributed by atoms with Gasteiger partial charge < -0.3 is 14.4 Å². The first kappa shape index (κ1) is 9.16. The Kier molecular flexibility index (Phi) is 1.45. The first-order valence-electron chi connectivity index (χ1n) is 4.19. The van der Waals surface area contributed by atoms with E-state index in [0.717, 1.165) is 4.73 Å². The van der Waals surface area contributed by atoms with Crippen LogP contribution in [0.2, 0.25) is 0 Å². The van der Waals surface area contributed by atoms with Crippen LogP contribution >= 0.6 is 0 Å². The highest BCUT2D eigenvalue weighted by atomic mass is 32.3. The first-order valence-corrected chi connectivity index (χ1v) is 5.52. The van der Waals surface area contributed by atoms with Crippen LogP contribution in [0, 0.1) is 0 Å². The minimum absolute atomic E-state index is 0.0752. The van der Waals surface area contributed by atoms with Gasteiger partial charge in [0.1, 0.15) is 5.75 Å². The number of aromatic nitrogens is 1. The summed E-state index contributed by atoms with van der Waals surface area (Å²) in [5.74, 6) is -0.790. The van der Waals surface area contributed by atoms with Crippen LogP contribution in [0.15, 0.2) is 18.2 Å². The van der Waals surface area contributed by atoms with E-state index in [9.17, 15) is 18.6 Å². The smallest absolute Gasteiger partial charge is 0.508 e. The van der Waals surface area contributed by atoms with Crippen LogP contribution in [0.4, 0.5) is 0 Å². The van der Waals surface area contributed by atoms with E-state index in [2.05, 4.69) is 8.47 Å². The van der Waals surface area contributed by atoms with Gasteiger partial charge in [0.2, 0.25) is 5.75 Å². The van der Waals surface area contributed by atoms with E-state index in [1.807, 2.05) is 0 Å². The van der Waals surface area contributed by atoms with E-state index >= 15 is 0 Å². The van der Waals surface area contributed by atoms with E-state index in [1.165, 1.54) is 18.2 Å². The fourth-order valence-electron chi connectivity index (χ4n) is 1.58. The average Bonchev–Trinajstić information content (AvgIpc) is 2.38. The monoisotopic (exact) mass is 243 g/mol. The van der Waals surface area contributed by atoms with E-state index < -0.39 is 16.3 Å². The second kappa shape index (κ2) is 2.53. The third kappa shape index (κ3) is 1.04. The second-order valence-electron chi connectivity index (χ2n) is 3.21. The Morgan fingerprint density at radius 3 is 2.75 bits per heavy atom. The van der Waals surface area contributed by atoms with Crippen LogP contribution in [0.25, 0.3) is 10.9 Å². The highest BCUT2D eigenvalue weighted by Gasteiger charge is 2.33. The van der Waals surface area contributed by atoms with Crippen molar-refractivity contribution in [2.45, 2.75) is 0 Å². The van der Waals surface area contributed by atoms with Gasteiger partial charge in [-0.2, -0.15) is 0 Å². The Morgan fingerprint density at radius 1 is 1.25 bits per heavy atom. The van der Waals surface area contributed by atoms with E-state index in [4.69, 9.17) is 0 Å². The molecule has 0 fully saturated rings. The summed E-state index contributed by atoms with van der Waals surface area (Å²) in [7, 11) is -4.21. The van der Waals surface area contributed by atoms with Crippen molar-refractivity contribution in [2.75, 3.05) is 0 Å². The normalized spacial score (nSPS) is 16.8. The quantitative estimate of drug-likeness (QED) is 0.681. The molecule has 84 valence electrons. The molecule has 0 radical (unpaired) electrons. The molecule has 2 heterocycles. The predicted molar refractivity (Wildman–Crippen MR) is 51.4 cm³/mol. The number of aromatic hydroxyl groups is 2. The molecule has 1 aliphatic heterocycles. The van der Waals surface area contributed by atoms with Gasteiger partial charge in [0.15, 0.2) is 0 Å². The van der Waals surface area contributed by atoms with Crippen molar-refractivity contribution in [3.05, 3.63) is 18.2 Å². The molecule has 1 aliphatic rings. The number of phenolic OH excluding ortho intramolecular Hbond substituents is 1. The van der Waals surface area contributed by atoms with E-state index in [-0.39, 0.29) is 22.4 Å². The Balaban J connectivity index is 2.47. The minimum Gasteiger partial charge on any atom is -0.508 e. The Labute approximate surface area is 89.3 Å². The topological polar surface area (TPSA) is 98.0 Å². The van der Waals surface area contributed by atoms with Gasteiger partial charge in [-0.05, 0) is 18.2 Å². The molecule has 0 saturated carbocycles. The van der Waals surface area contributed by atoms with Crippen molar-refractivity contribution in [2.24, 2.45) is 0 Å². The van der Waals surface area contributed by atoms with Gasteiger partial charge in [-0.15, -0.1) is 13.1 Å². The van der Waals surface area contributed by atoms with Crippen LogP contribution in [0.1, 0.15) is 0 Å². The third-order valence-electron chi connectivity index (χ3n) is 2.19. The number of hydrogen-bond acceptors (Lipinski definition) is 6. The zero-order chi connectivity index (χ0) is 11.5. The third-order valence-corrected chi connectivity index (χ3v) is 2.89. The van der Waals surface area contributed by atoms with E-state index in [1.54, 1.807) is 0 Å². The molecule has 8 heteroatoms. The fraction of sp³-hybridized carbons (Fsp3) is 0. The van der Waals surface area contributed by atoms with Crippen molar-refractivity contribution in [1.82, 2.24) is 4.73 Å². The molecule has 7 nitrogen and oxygen atoms in total. The van der Waals surface area contributed by atoms with Crippen molar-refractivity contribution < 1.29 is 27.1 Å². The fourth-order valence-corrected chi connectivity index (χ4v) is 2.31. The number of rotatable bonds is 0. The number of nitrogens with zero attached hydrogens (tertiary/aromatic N) is 1. The molecule has 0 saturated heterocycles. The lowest BCUT2D eigenvalue weighted by molar-refractivity contribution is 0.198. The number of phenols is 1. The highest BCUT2D eigenvalue weighted by molar-refractivity contribution is 7.82. The van der Waals surface area contributed by atoms with Gasteiger partial charge in [0.25, 0.3) is 5.88 Å². The summed E-state index contributed by atoms with van der Waals surface area (Å²) in [6.07, 6.45) is 0. The molecule has 0 atom stereocenters. The average molecular weight is 243 g/mol. The van der Waals surface area contributed by atoms with Gasteiger partial charge in [-0.3, -0.25) is 4.28 Å². The predicted octanol–water partition coefficient (Wildman–Crippen LogP) is 0.118. The summed E-state index contributed by atoms with van der Waals surface area (Å²) in [5, 5.41) is 19.1. The summed E-state index contributed by atoms with van der Waals surface area (Å²) < 4.78 is 31.9. The molecular weight excluding hydrogens is 238 g/mol. The van der Waals surface area contributed by atoms with Crippen molar-refractivity contribution in [1.29, 1.82) is 0 Å². The van der Waals surface area contributed by atoms with Gasteiger partial charge in [-0.25, -0.2) is 0 Å². The summed E-state index contributed by atoms with van der Waals surface area (Å²) in [5.41, 5.74) is 0.284. The SMILES string of the molecule is O=S1(=O)Oc2c(O)n(c3ccc(O)cc23)O1. The molecule has 0 aliphatic carbocycles. The zero-order valence-electron chi connectivity index (χ0n) is 7.61. The van der Waals surface area contributed by atoms with Crippen molar-refractivity contribution in [3.8, 4) is 17.4 Å². The first-order chi connectivity index (χ1) is 7.48. The lowest BCUT2D eigenvalue weighted by atomic mass is 10.2. The number of fused-ring (bicyclic) bond motifs is 5. The number of benzene rings is 1. The zero-order valence-corrected chi connectivity index (χ0v) is 8.43. The Morgan fingerprint density at radius 2 is 2.00 bits per heavy atom. The lowest BCUT2D eigenvalue weighted by Gasteiger charge is -2.11. The Bertz CT molecular complexity index is 701. The maximum absolute atomic E-state index is 11.1. The molecule has 1 aromatic carbocycles. The van der Waals surface area contributed by atoms with Gasteiger partial charge in [0.05, 0.1) is 10.9 Å². The van der Waals surface area contributed by atoms with Crippen LogP contribution in [0.5, 0.6) is 17.4 Å². The molecule has 2 aromatic rings. The summed E-state index contributed by atoms with van der Waals surface area (Å²) in [6, 6.07) is 4.01. The van der Waals surface area contributed by atoms with Crippen molar-refractivity contribution >= 4 is 21.3 Å². The minimum atomic E-state index is -4.21. The van der Waals surface area contributed by atoms with Crippen LogP contribution in [-0.4, -0.2) is 23.4 Å². The summed E-state index contributed by atoms with van der Waals surface area (Å²) in [6.45, 7) is 0. The highest BCUT2D eigenvalue weighted by Crippen LogP contribution is 2.42. The van der Waals surface area contributed by atoms with E-state index in [0.29, 0.717) is 0 Å².